The van der Waals surface area contributed by atoms with Crippen molar-refractivity contribution >= 4 is 0 Å². The fraction of sp³-hybridized carbons (Fsp3) is 0.500. The van der Waals surface area contributed by atoms with Gasteiger partial charge in [-0.3, -0.25) is 5.84 Å². The highest BCUT2D eigenvalue weighted by Gasteiger charge is 1.66. The van der Waals surface area contributed by atoms with Crippen LogP contribution in [0.3, 0.4) is 0 Å². The largest absolute Gasteiger partial charge is 0.332 e. The van der Waals surface area contributed by atoms with Crippen LogP contribution in [0.5, 0.6) is 0 Å². The zero-order valence-electron chi connectivity index (χ0n) is 4.22. The van der Waals surface area contributed by atoms with Crippen molar-refractivity contribution in [1.29, 1.82) is 0 Å². The summed E-state index contributed by atoms with van der Waals surface area (Å²) >= 11 is 0. The van der Waals surface area contributed by atoms with Gasteiger partial charge in [0.2, 0.25) is 0 Å². The lowest BCUT2D eigenvalue weighted by Crippen LogP contribution is -2.13. The topological polar surface area (TPSA) is 64.1 Å². The molecule has 0 amide bonds. The zero-order chi connectivity index (χ0) is 5.54. The zero-order valence-corrected chi connectivity index (χ0v) is 4.22. The van der Waals surface area contributed by atoms with Crippen LogP contribution in [-0.4, -0.2) is 6.54 Å². The molecule has 0 unspecified atom stereocenters. The molecule has 0 spiro atoms. The van der Waals surface area contributed by atoms with Crippen LogP contribution in [0.1, 0.15) is 6.42 Å². The molecular weight excluding hydrogens is 90.1 g/mol. The normalized spacial score (nSPS) is 10.0. The molecule has 0 aromatic carbocycles. The highest BCUT2D eigenvalue weighted by Crippen LogP contribution is 1.71. The summed E-state index contributed by atoms with van der Waals surface area (Å²) in [7, 11) is 0. The van der Waals surface area contributed by atoms with E-state index in [-0.39, 0.29) is 0 Å². The van der Waals surface area contributed by atoms with Crippen molar-refractivity contribution in [2.45, 2.75) is 6.42 Å². The van der Waals surface area contributed by atoms with Gasteiger partial charge in [-0.25, -0.2) is 0 Å². The van der Waals surface area contributed by atoms with Crippen LogP contribution in [0.25, 0.3) is 0 Å². The molecule has 0 aromatic heterocycles. The van der Waals surface area contributed by atoms with E-state index in [0.717, 1.165) is 6.42 Å². The lowest BCUT2D eigenvalue weighted by Gasteiger charge is -1.83. The number of nitrogens with two attached hydrogens (primary N) is 2. The van der Waals surface area contributed by atoms with Gasteiger partial charge >= 0.3 is 0 Å². The molecule has 0 radical (unpaired) electrons. The van der Waals surface area contributed by atoms with E-state index in [0.29, 0.717) is 6.54 Å². The van der Waals surface area contributed by atoms with Crippen molar-refractivity contribution in [2.75, 3.05) is 6.54 Å². The SMILES string of the molecule is NCC/C=C/NN. The summed E-state index contributed by atoms with van der Waals surface area (Å²) < 4.78 is 0. The minimum Gasteiger partial charge on any atom is -0.332 e. The van der Waals surface area contributed by atoms with E-state index in [1.54, 1.807) is 6.20 Å². The van der Waals surface area contributed by atoms with Gasteiger partial charge in [0.1, 0.15) is 0 Å². The van der Waals surface area contributed by atoms with Crippen molar-refractivity contribution in [3.8, 4) is 0 Å². The smallest absolute Gasteiger partial charge is 0.00831 e. The van der Waals surface area contributed by atoms with Crippen molar-refractivity contribution < 1.29 is 0 Å². The lowest BCUT2D eigenvalue weighted by molar-refractivity contribution is 0.936. The average molecular weight is 101 g/mol. The maximum absolute atomic E-state index is 5.15. The van der Waals surface area contributed by atoms with Gasteiger partial charge in [-0.2, -0.15) is 0 Å². The summed E-state index contributed by atoms with van der Waals surface area (Å²) in [6.45, 7) is 0.679. The van der Waals surface area contributed by atoms with Gasteiger partial charge in [-0.05, 0) is 13.0 Å². The number of hydrazine groups is 1. The van der Waals surface area contributed by atoms with Gasteiger partial charge in [0.25, 0.3) is 0 Å². The first kappa shape index (κ1) is 6.46. The molecule has 0 fully saturated rings. The summed E-state index contributed by atoms with van der Waals surface area (Å²) in [5.74, 6) is 4.89. The van der Waals surface area contributed by atoms with Crippen LogP contribution in [0, 0.1) is 0 Å². The Kier molecular flexibility index (Phi) is 5.04. The van der Waals surface area contributed by atoms with Crippen molar-refractivity contribution in [3.05, 3.63) is 12.3 Å². The molecule has 0 aliphatic carbocycles. The molecule has 0 aliphatic rings. The molecule has 3 nitrogen and oxygen atoms in total. The Balaban J connectivity index is 2.78. The molecule has 0 saturated heterocycles. The molecule has 7 heavy (non-hydrogen) atoms. The summed E-state index contributed by atoms with van der Waals surface area (Å²) in [5.41, 5.74) is 7.52. The molecule has 3 heteroatoms. The Morgan fingerprint density at radius 3 is 2.71 bits per heavy atom. The third-order valence-electron chi connectivity index (χ3n) is 0.547. The molecule has 42 valence electrons. The fourth-order valence-corrected chi connectivity index (χ4v) is 0.248. The fourth-order valence-electron chi connectivity index (χ4n) is 0.248. The maximum atomic E-state index is 5.15. The summed E-state index contributed by atoms with van der Waals surface area (Å²) in [4.78, 5) is 0. The van der Waals surface area contributed by atoms with Crippen LogP contribution in [0.2, 0.25) is 0 Å². The third kappa shape index (κ3) is 5.46. The highest BCUT2D eigenvalue weighted by molar-refractivity contribution is 4.76. The Morgan fingerprint density at radius 2 is 2.29 bits per heavy atom. The summed E-state index contributed by atoms with van der Waals surface area (Å²) in [6, 6.07) is 0. The summed E-state index contributed by atoms with van der Waals surface area (Å²) in [6.07, 6.45) is 4.41. The molecule has 5 N–H and O–H groups in total. The Hall–Kier alpha value is -0.540. The molecule has 0 aliphatic heterocycles. The molecule has 0 bridgehead atoms. The highest BCUT2D eigenvalue weighted by atomic mass is 15.2. The number of rotatable bonds is 3. The predicted molar refractivity (Wildman–Crippen MR) is 30.1 cm³/mol. The standard InChI is InChI=1S/C4H11N3/c5-3-1-2-4-7-6/h2,4,7H,1,3,5-6H2/b4-2+. The molecule has 0 rings (SSSR count). The van der Waals surface area contributed by atoms with E-state index in [4.69, 9.17) is 11.6 Å². The van der Waals surface area contributed by atoms with Gasteiger partial charge in [0.15, 0.2) is 0 Å². The first-order chi connectivity index (χ1) is 3.41. The molecule has 0 saturated carbocycles. The second-order valence-electron chi connectivity index (χ2n) is 1.15. The Labute approximate surface area is 43.3 Å². The van der Waals surface area contributed by atoms with Gasteiger partial charge in [0.05, 0.1) is 0 Å². The third-order valence-corrected chi connectivity index (χ3v) is 0.547. The van der Waals surface area contributed by atoms with Gasteiger partial charge in [-0.15, -0.1) is 0 Å². The maximum Gasteiger partial charge on any atom is 0.00831 e. The van der Waals surface area contributed by atoms with E-state index in [9.17, 15) is 0 Å². The van der Waals surface area contributed by atoms with Crippen LogP contribution in [-0.2, 0) is 0 Å². The van der Waals surface area contributed by atoms with Gasteiger partial charge in [-0.1, -0.05) is 6.08 Å². The van der Waals surface area contributed by atoms with E-state index in [2.05, 4.69) is 5.43 Å². The van der Waals surface area contributed by atoms with Gasteiger partial charge < -0.3 is 11.2 Å². The van der Waals surface area contributed by atoms with E-state index < -0.39 is 0 Å². The first-order valence-corrected chi connectivity index (χ1v) is 2.23. The van der Waals surface area contributed by atoms with Crippen LogP contribution < -0.4 is 17.0 Å². The summed E-state index contributed by atoms with van der Waals surface area (Å²) in [5, 5.41) is 0. The van der Waals surface area contributed by atoms with Crippen molar-refractivity contribution in [1.82, 2.24) is 5.43 Å². The molecule has 0 heterocycles. The van der Waals surface area contributed by atoms with Crippen molar-refractivity contribution in [3.63, 3.8) is 0 Å². The predicted octanol–water partition coefficient (Wildman–Crippen LogP) is -0.688. The minimum atomic E-state index is 0.679. The van der Waals surface area contributed by atoms with Crippen LogP contribution in [0.4, 0.5) is 0 Å². The quantitative estimate of drug-likeness (QED) is 0.326. The second kappa shape index (κ2) is 5.46. The number of nitrogens with one attached hydrogen (secondary N) is 1. The van der Waals surface area contributed by atoms with Crippen LogP contribution in [0.15, 0.2) is 12.3 Å². The molecule has 0 atom stereocenters. The lowest BCUT2D eigenvalue weighted by atomic mass is 10.4. The first-order valence-electron chi connectivity index (χ1n) is 2.23. The number of hydrogen-bond donors (Lipinski definition) is 3. The van der Waals surface area contributed by atoms with E-state index in [1.807, 2.05) is 6.08 Å². The molecule has 0 aromatic rings. The van der Waals surface area contributed by atoms with Crippen LogP contribution >= 0.6 is 0 Å². The second-order valence-corrected chi connectivity index (χ2v) is 1.15. The number of hydrogen-bond acceptors (Lipinski definition) is 3. The van der Waals surface area contributed by atoms with Gasteiger partial charge in [0, 0.05) is 6.20 Å². The van der Waals surface area contributed by atoms with E-state index >= 15 is 0 Å². The Bertz CT molecular complexity index is 50.9. The Morgan fingerprint density at radius 1 is 1.57 bits per heavy atom. The van der Waals surface area contributed by atoms with E-state index in [1.165, 1.54) is 0 Å². The molecular formula is C4H11N3. The van der Waals surface area contributed by atoms with Crippen molar-refractivity contribution in [2.24, 2.45) is 11.6 Å². The average Bonchev–Trinajstić information content (AvgIpc) is 1.69. The minimum absolute atomic E-state index is 0.679. The monoisotopic (exact) mass is 101 g/mol.